The third kappa shape index (κ3) is 4.31. The van der Waals surface area contributed by atoms with Crippen LogP contribution < -0.4 is 0 Å². The third-order valence-corrected chi connectivity index (χ3v) is 4.51. The van der Waals surface area contributed by atoms with Gasteiger partial charge in [-0.2, -0.15) is 0 Å². The summed E-state index contributed by atoms with van der Waals surface area (Å²) in [5, 5.41) is 10.7. The van der Waals surface area contributed by atoms with E-state index in [0.717, 1.165) is 38.9 Å². The number of benzene rings is 1. The van der Waals surface area contributed by atoms with E-state index < -0.39 is 5.60 Å². The number of piperidine rings is 1. The molecule has 2 rings (SSSR count). The van der Waals surface area contributed by atoms with E-state index in [1.807, 2.05) is 42.0 Å². The predicted octanol–water partition coefficient (Wildman–Crippen LogP) is 1.92. The van der Waals surface area contributed by atoms with Gasteiger partial charge in [0.15, 0.2) is 5.60 Å². The van der Waals surface area contributed by atoms with E-state index in [-0.39, 0.29) is 5.91 Å². The number of hydrogen-bond donors (Lipinski definition) is 1. The zero-order valence-electron chi connectivity index (χ0n) is 13.8. The zero-order chi connectivity index (χ0) is 16.0. The number of hydrogen-bond acceptors (Lipinski definition) is 3. The molecule has 0 bridgehead atoms. The molecule has 1 aromatic carbocycles. The number of likely N-dealkylation sites (N-methyl/N-ethyl adjacent to an activating group) is 1. The van der Waals surface area contributed by atoms with Crippen molar-refractivity contribution in [1.29, 1.82) is 0 Å². The Labute approximate surface area is 133 Å². The van der Waals surface area contributed by atoms with E-state index in [1.165, 1.54) is 5.56 Å². The van der Waals surface area contributed by atoms with Crippen LogP contribution in [0.1, 0.15) is 31.7 Å². The first-order valence-electron chi connectivity index (χ1n) is 8.29. The Hall–Kier alpha value is -1.39. The molecule has 4 heteroatoms. The Kier molecular flexibility index (Phi) is 5.98. The summed E-state index contributed by atoms with van der Waals surface area (Å²) in [4.78, 5) is 16.4. The van der Waals surface area contributed by atoms with E-state index in [9.17, 15) is 9.90 Å². The maximum Gasteiger partial charge on any atom is 0.255 e. The molecule has 122 valence electrons. The maximum atomic E-state index is 12.6. The minimum Gasteiger partial charge on any atom is -0.379 e. The average Bonchev–Trinajstić information content (AvgIpc) is 2.52. The van der Waals surface area contributed by atoms with Crippen molar-refractivity contribution in [2.45, 2.75) is 38.2 Å². The van der Waals surface area contributed by atoms with Gasteiger partial charge in [-0.1, -0.05) is 37.3 Å². The van der Waals surface area contributed by atoms with Gasteiger partial charge in [0, 0.05) is 19.6 Å². The highest BCUT2D eigenvalue weighted by Crippen LogP contribution is 2.24. The molecule has 0 unspecified atom stereocenters. The largest absolute Gasteiger partial charge is 0.379 e. The molecule has 0 radical (unpaired) electrons. The van der Waals surface area contributed by atoms with E-state index in [1.54, 1.807) is 0 Å². The van der Waals surface area contributed by atoms with Crippen molar-refractivity contribution in [2.75, 3.05) is 33.2 Å². The molecule has 0 aromatic heterocycles. The Balaban J connectivity index is 1.87. The lowest BCUT2D eigenvalue weighted by Gasteiger charge is -2.40. The summed E-state index contributed by atoms with van der Waals surface area (Å²) in [5.41, 5.74) is 0.100. The molecule has 1 atom stereocenters. The van der Waals surface area contributed by atoms with Crippen LogP contribution in [0, 0.1) is 0 Å². The summed E-state index contributed by atoms with van der Waals surface area (Å²) in [5.74, 6) is -0.0906. The zero-order valence-corrected chi connectivity index (χ0v) is 13.8. The lowest BCUT2D eigenvalue weighted by molar-refractivity contribution is -0.159. The van der Waals surface area contributed by atoms with Gasteiger partial charge < -0.3 is 14.9 Å². The molecule has 1 N–H and O–H groups in total. The van der Waals surface area contributed by atoms with Crippen molar-refractivity contribution in [2.24, 2.45) is 0 Å². The fourth-order valence-electron chi connectivity index (χ4n) is 3.10. The molecule has 0 saturated carbocycles. The van der Waals surface area contributed by atoms with Crippen LogP contribution in [0.4, 0.5) is 0 Å². The van der Waals surface area contributed by atoms with Gasteiger partial charge in [0.1, 0.15) is 0 Å². The Morgan fingerprint density at radius 1 is 1.32 bits per heavy atom. The molecule has 1 saturated heterocycles. The summed E-state index contributed by atoms with van der Waals surface area (Å²) in [6.07, 6.45) is 3.36. The number of rotatable bonds is 7. The summed E-state index contributed by atoms with van der Waals surface area (Å²) < 4.78 is 0. The quantitative estimate of drug-likeness (QED) is 0.837. The molecule has 1 fully saturated rings. The Bertz CT molecular complexity index is 477. The molecule has 1 aromatic rings. The second-order valence-corrected chi connectivity index (χ2v) is 6.35. The third-order valence-electron chi connectivity index (χ3n) is 4.51. The van der Waals surface area contributed by atoms with E-state index >= 15 is 0 Å². The van der Waals surface area contributed by atoms with Crippen molar-refractivity contribution < 1.29 is 9.90 Å². The molecular formula is C18H28N2O2. The molecule has 1 aliphatic rings. The first kappa shape index (κ1) is 17.0. The standard InChI is InChI=1S/C18H28N2O2/c1-3-19(2)15-18(22)12-8-14-20(17(18)21)13-7-11-16-9-5-4-6-10-16/h4-6,9-10,22H,3,7-8,11-15H2,1-2H3/t18-/m0/s1. The molecule has 1 heterocycles. The van der Waals surface area contributed by atoms with Crippen molar-refractivity contribution in [3.05, 3.63) is 35.9 Å². The highest BCUT2D eigenvalue weighted by molar-refractivity contribution is 5.86. The molecule has 0 aliphatic carbocycles. The van der Waals surface area contributed by atoms with Crippen molar-refractivity contribution in [3.63, 3.8) is 0 Å². The van der Waals surface area contributed by atoms with Crippen LogP contribution in [0.15, 0.2) is 30.3 Å². The second-order valence-electron chi connectivity index (χ2n) is 6.35. The van der Waals surface area contributed by atoms with Gasteiger partial charge in [0.2, 0.25) is 0 Å². The molecular weight excluding hydrogens is 276 g/mol. The van der Waals surface area contributed by atoms with Crippen LogP contribution in [-0.2, 0) is 11.2 Å². The average molecular weight is 304 g/mol. The van der Waals surface area contributed by atoms with Gasteiger partial charge in [0.25, 0.3) is 5.91 Å². The molecule has 4 nitrogen and oxygen atoms in total. The number of nitrogens with zero attached hydrogens (tertiary/aromatic N) is 2. The maximum absolute atomic E-state index is 12.6. The van der Waals surface area contributed by atoms with Gasteiger partial charge in [-0.3, -0.25) is 4.79 Å². The van der Waals surface area contributed by atoms with Gasteiger partial charge >= 0.3 is 0 Å². The minimum atomic E-state index is -1.20. The first-order valence-corrected chi connectivity index (χ1v) is 8.29. The molecule has 0 spiro atoms. The summed E-state index contributed by atoms with van der Waals surface area (Å²) in [6, 6.07) is 10.3. The fourth-order valence-corrected chi connectivity index (χ4v) is 3.10. The van der Waals surface area contributed by atoms with Gasteiger partial charge in [-0.05, 0) is 44.8 Å². The number of aryl methyl sites for hydroxylation is 1. The van der Waals surface area contributed by atoms with Crippen LogP contribution in [-0.4, -0.2) is 59.6 Å². The molecule has 1 aliphatic heterocycles. The van der Waals surface area contributed by atoms with Crippen molar-refractivity contribution >= 4 is 5.91 Å². The van der Waals surface area contributed by atoms with Gasteiger partial charge in [-0.15, -0.1) is 0 Å². The highest BCUT2D eigenvalue weighted by atomic mass is 16.3. The van der Waals surface area contributed by atoms with Gasteiger partial charge in [-0.25, -0.2) is 0 Å². The lowest BCUT2D eigenvalue weighted by atomic mass is 9.91. The van der Waals surface area contributed by atoms with Crippen LogP contribution in [0.5, 0.6) is 0 Å². The number of amides is 1. The van der Waals surface area contributed by atoms with E-state index in [0.29, 0.717) is 13.0 Å². The number of carbonyl (C=O) groups is 1. The van der Waals surface area contributed by atoms with Crippen LogP contribution >= 0.6 is 0 Å². The number of likely N-dealkylation sites (tertiary alicyclic amines) is 1. The van der Waals surface area contributed by atoms with E-state index in [2.05, 4.69) is 12.1 Å². The summed E-state index contributed by atoms with van der Waals surface area (Å²) >= 11 is 0. The summed E-state index contributed by atoms with van der Waals surface area (Å²) in [7, 11) is 1.94. The van der Waals surface area contributed by atoms with Crippen LogP contribution in [0.3, 0.4) is 0 Å². The van der Waals surface area contributed by atoms with E-state index in [4.69, 9.17) is 0 Å². The molecule has 22 heavy (non-hydrogen) atoms. The first-order chi connectivity index (χ1) is 10.5. The van der Waals surface area contributed by atoms with Crippen LogP contribution in [0.25, 0.3) is 0 Å². The second kappa shape index (κ2) is 7.75. The Morgan fingerprint density at radius 2 is 2.05 bits per heavy atom. The Morgan fingerprint density at radius 3 is 2.73 bits per heavy atom. The van der Waals surface area contributed by atoms with Gasteiger partial charge in [0.05, 0.1) is 0 Å². The predicted molar refractivity (Wildman–Crippen MR) is 88.7 cm³/mol. The van der Waals surface area contributed by atoms with Crippen molar-refractivity contribution in [1.82, 2.24) is 9.80 Å². The normalized spacial score (nSPS) is 22.4. The molecule has 1 amide bonds. The highest BCUT2D eigenvalue weighted by Gasteiger charge is 2.42. The fraction of sp³-hybridized carbons (Fsp3) is 0.611. The smallest absolute Gasteiger partial charge is 0.255 e. The SMILES string of the molecule is CCN(C)C[C@@]1(O)CCCN(CCCc2ccccc2)C1=O. The monoisotopic (exact) mass is 304 g/mol. The number of aliphatic hydroxyl groups is 1. The lowest BCUT2D eigenvalue weighted by Crippen LogP contribution is -2.58. The van der Waals surface area contributed by atoms with Crippen LogP contribution in [0.2, 0.25) is 0 Å². The topological polar surface area (TPSA) is 43.8 Å². The summed E-state index contributed by atoms with van der Waals surface area (Å²) in [6.45, 7) is 4.80. The van der Waals surface area contributed by atoms with Crippen molar-refractivity contribution in [3.8, 4) is 0 Å². The minimum absolute atomic E-state index is 0.0906. The number of carbonyl (C=O) groups excluding carboxylic acids is 1.